The van der Waals surface area contributed by atoms with Gasteiger partial charge in [0.25, 0.3) is 0 Å². The molecule has 2 aromatic carbocycles. The van der Waals surface area contributed by atoms with Gasteiger partial charge in [-0.15, -0.1) is 4.68 Å². The molecule has 3 rings (SSSR count). The van der Waals surface area contributed by atoms with E-state index in [1.807, 2.05) is 43.0 Å². The topological polar surface area (TPSA) is 8.81 Å². The summed E-state index contributed by atoms with van der Waals surface area (Å²) in [5.74, 6) is -0.215. The fraction of sp³-hybridized carbons (Fsp3) is 0.118. The van der Waals surface area contributed by atoms with Crippen LogP contribution in [0, 0.1) is 5.82 Å². The Balaban J connectivity index is 2.16. The third-order valence-corrected chi connectivity index (χ3v) is 3.61. The number of benzene rings is 2. The van der Waals surface area contributed by atoms with Crippen LogP contribution in [-0.4, -0.2) is 4.68 Å². The Bertz CT molecular complexity index is 745. The lowest BCUT2D eigenvalue weighted by Gasteiger charge is -1.99. The van der Waals surface area contributed by atoms with E-state index in [1.165, 1.54) is 6.07 Å². The first kappa shape index (κ1) is 12.6. The molecule has 0 aliphatic carbocycles. The maximum Gasteiger partial charge on any atom is 0.239 e. The molecule has 0 bridgehead atoms. The van der Waals surface area contributed by atoms with Crippen molar-refractivity contribution in [2.45, 2.75) is 0 Å². The number of nitrogens with zero attached hydrogens (tertiary/aromatic N) is 2. The molecule has 3 heteroatoms. The molecule has 0 unspecified atom stereocenters. The van der Waals surface area contributed by atoms with Crippen LogP contribution in [0.25, 0.3) is 22.5 Å². The molecule has 3 aromatic rings. The molecule has 1 aromatic heterocycles. The van der Waals surface area contributed by atoms with Gasteiger partial charge < -0.3 is 0 Å². The minimum atomic E-state index is -0.215. The predicted octanol–water partition coefficient (Wildman–Crippen LogP) is 3.32. The smallest absolute Gasteiger partial charge is 0.207 e. The van der Waals surface area contributed by atoms with Crippen LogP contribution in [0.15, 0.2) is 60.7 Å². The highest BCUT2D eigenvalue weighted by Gasteiger charge is 2.19. The second-order valence-corrected chi connectivity index (χ2v) is 4.84. The van der Waals surface area contributed by atoms with Crippen molar-refractivity contribution in [2.75, 3.05) is 0 Å². The Hall–Kier alpha value is -2.42. The lowest BCUT2D eigenvalue weighted by molar-refractivity contribution is -0.740. The van der Waals surface area contributed by atoms with E-state index in [2.05, 4.69) is 22.9 Å². The Labute approximate surface area is 117 Å². The third-order valence-electron chi connectivity index (χ3n) is 3.61. The number of hydrogen-bond acceptors (Lipinski definition) is 0. The van der Waals surface area contributed by atoms with Crippen LogP contribution in [0.1, 0.15) is 0 Å². The SMILES string of the molecule is Cn1c(-c2ccccc2)cc(-c2cccc(F)c2)[n+]1C. The first-order chi connectivity index (χ1) is 9.66. The summed E-state index contributed by atoms with van der Waals surface area (Å²) in [4.78, 5) is 0. The molecule has 0 saturated heterocycles. The van der Waals surface area contributed by atoms with E-state index >= 15 is 0 Å². The Kier molecular flexibility index (Phi) is 3.11. The summed E-state index contributed by atoms with van der Waals surface area (Å²) in [6, 6.07) is 19.0. The van der Waals surface area contributed by atoms with Crippen LogP contribution in [0.5, 0.6) is 0 Å². The van der Waals surface area contributed by atoms with Gasteiger partial charge in [-0.1, -0.05) is 36.4 Å². The van der Waals surface area contributed by atoms with Crippen LogP contribution < -0.4 is 4.68 Å². The van der Waals surface area contributed by atoms with Crippen molar-refractivity contribution in [3.63, 3.8) is 0 Å². The van der Waals surface area contributed by atoms with Gasteiger partial charge in [-0.3, -0.25) is 0 Å². The van der Waals surface area contributed by atoms with E-state index in [0.717, 1.165) is 22.5 Å². The van der Waals surface area contributed by atoms with Crippen molar-refractivity contribution >= 4 is 0 Å². The average Bonchev–Trinajstić information content (AvgIpc) is 2.76. The van der Waals surface area contributed by atoms with Gasteiger partial charge in [0, 0.05) is 11.6 Å². The minimum absolute atomic E-state index is 0.215. The maximum absolute atomic E-state index is 13.4. The molecule has 0 N–H and O–H groups in total. The number of rotatable bonds is 2. The molecule has 100 valence electrons. The molecule has 0 saturated carbocycles. The summed E-state index contributed by atoms with van der Waals surface area (Å²) >= 11 is 0. The van der Waals surface area contributed by atoms with E-state index in [9.17, 15) is 4.39 Å². The largest absolute Gasteiger partial charge is 0.239 e. The van der Waals surface area contributed by atoms with Crippen molar-refractivity contribution in [3.8, 4) is 22.5 Å². The number of hydrogen-bond donors (Lipinski definition) is 0. The molecule has 0 spiro atoms. The predicted molar refractivity (Wildman–Crippen MR) is 77.4 cm³/mol. The summed E-state index contributed by atoms with van der Waals surface area (Å²) in [7, 11) is 3.98. The molecule has 0 fully saturated rings. The van der Waals surface area contributed by atoms with Crippen LogP contribution >= 0.6 is 0 Å². The van der Waals surface area contributed by atoms with Gasteiger partial charge in [0.1, 0.15) is 11.5 Å². The summed E-state index contributed by atoms with van der Waals surface area (Å²) in [6.07, 6.45) is 0. The zero-order chi connectivity index (χ0) is 14.1. The average molecular weight is 267 g/mol. The second-order valence-electron chi connectivity index (χ2n) is 4.84. The van der Waals surface area contributed by atoms with Crippen molar-refractivity contribution in [1.82, 2.24) is 4.68 Å². The van der Waals surface area contributed by atoms with Crippen molar-refractivity contribution in [3.05, 3.63) is 66.5 Å². The molecule has 1 heterocycles. The molecule has 2 nitrogen and oxygen atoms in total. The van der Waals surface area contributed by atoms with Crippen molar-refractivity contribution in [1.29, 1.82) is 0 Å². The Morgan fingerprint density at radius 2 is 1.60 bits per heavy atom. The molecule has 0 aliphatic heterocycles. The molecule has 0 aliphatic rings. The van der Waals surface area contributed by atoms with Gasteiger partial charge in [0.2, 0.25) is 5.69 Å². The fourth-order valence-corrected chi connectivity index (χ4v) is 2.44. The highest BCUT2D eigenvalue weighted by molar-refractivity contribution is 5.66. The van der Waals surface area contributed by atoms with Crippen molar-refractivity contribution in [2.24, 2.45) is 14.1 Å². The monoisotopic (exact) mass is 267 g/mol. The zero-order valence-electron chi connectivity index (χ0n) is 11.5. The van der Waals surface area contributed by atoms with Gasteiger partial charge in [-0.25, -0.2) is 4.39 Å². The molecule has 0 amide bonds. The summed E-state index contributed by atoms with van der Waals surface area (Å²) in [5, 5.41) is 0. The van der Waals surface area contributed by atoms with E-state index in [1.54, 1.807) is 12.1 Å². The van der Waals surface area contributed by atoms with E-state index in [4.69, 9.17) is 0 Å². The lowest BCUT2D eigenvalue weighted by Crippen LogP contribution is -2.39. The minimum Gasteiger partial charge on any atom is -0.207 e. The lowest BCUT2D eigenvalue weighted by atomic mass is 10.1. The maximum atomic E-state index is 13.4. The van der Waals surface area contributed by atoms with E-state index < -0.39 is 0 Å². The van der Waals surface area contributed by atoms with E-state index in [0.29, 0.717) is 0 Å². The first-order valence-corrected chi connectivity index (χ1v) is 6.54. The summed E-state index contributed by atoms with van der Waals surface area (Å²) < 4.78 is 17.5. The van der Waals surface area contributed by atoms with Crippen LogP contribution in [-0.2, 0) is 14.1 Å². The van der Waals surface area contributed by atoms with Crippen LogP contribution in [0.2, 0.25) is 0 Å². The van der Waals surface area contributed by atoms with Gasteiger partial charge in [-0.05, 0) is 18.2 Å². The fourth-order valence-electron chi connectivity index (χ4n) is 2.44. The van der Waals surface area contributed by atoms with Crippen molar-refractivity contribution < 1.29 is 9.07 Å². The highest BCUT2D eigenvalue weighted by atomic mass is 19.1. The van der Waals surface area contributed by atoms with Crippen LogP contribution in [0.3, 0.4) is 0 Å². The number of halogens is 1. The Morgan fingerprint density at radius 1 is 0.900 bits per heavy atom. The van der Waals surface area contributed by atoms with Gasteiger partial charge in [0.05, 0.1) is 12.6 Å². The zero-order valence-corrected chi connectivity index (χ0v) is 11.5. The Morgan fingerprint density at radius 3 is 2.30 bits per heavy atom. The highest BCUT2D eigenvalue weighted by Crippen LogP contribution is 2.24. The van der Waals surface area contributed by atoms with Crippen LogP contribution in [0.4, 0.5) is 4.39 Å². The van der Waals surface area contributed by atoms with Gasteiger partial charge >= 0.3 is 0 Å². The van der Waals surface area contributed by atoms with Gasteiger partial charge in [0.15, 0.2) is 7.05 Å². The van der Waals surface area contributed by atoms with E-state index in [-0.39, 0.29) is 5.82 Å². The molecule has 0 atom stereocenters. The summed E-state index contributed by atoms with van der Waals surface area (Å²) in [5.41, 5.74) is 4.12. The molecular weight excluding hydrogens is 251 g/mol. The molecule has 20 heavy (non-hydrogen) atoms. The normalized spacial score (nSPS) is 10.8. The molecule has 0 radical (unpaired) electrons. The third kappa shape index (κ3) is 2.11. The van der Waals surface area contributed by atoms with Gasteiger partial charge in [-0.2, -0.15) is 4.68 Å². The number of aromatic nitrogens is 2. The second kappa shape index (κ2) is 4.93. The quantitative estimate of drug-likeness (QED) is 0.630. The first-order valence-electron chi connectivity index (χ1n) is 6.54. The summed E-state index contributed by atoms with van der Waals surface area (Å²) in [6.45, 7) is 0. The molecular formula is C17H16FN2+. The standard InChI is InChI=1S/C17H16FN2/c1-19-16(13-7-4-3-5-8-13)12-17(20(19)2)14-9-6-10-15(18)11-14/h3-12H,1-2H3/q+1.